The summed E-state index contributed by atoms with van der Waals surface area (Å²) >= 11 is 13.5. The molecule has 3 aromatic rings. The van der Waals surface area contributed by atoms with Gasteiger partial charge in [0.2, 0.25) is 0 Å². The maximum atomic E-state index is 13.3. The number of amides is 2. The lowest BCUT2D eigenvalue weighted by Crippen LogP contribution is -2.32. The molecule has 1 aromatic heterocycles. The fourth-order valence-corrected chi connectivity index (χ4v) is 4.20. The Kier molecular flexibility index (Phi) is 5.56. The molecule has 0 saturated carbocycles. The van der Waals surface area contributed by atoms with Gasteiger partial charge in [0.15, 0.2) is 0 Å². The van der Waals surface area contributed by atoms with Crippen LogP contribution in [0.2, 0.25) is 10.0 Å². The van der Waals surface area contributed by atoms with Crippen molar-refractivity contribution in [1.82, 2.24) is 0 Å². The van der Waals surface area contributed by atoms with Crippen LogP contribution in [-0.2, 0) is 9.59 Å². The van der Waals surface area contributed by atoms with E-state index in [-0.39, 0.29) is 10.7 Å². The van der Waals surface area contributed by atoms with Crippen molar-refractivity contribution < 1.29 is 9.59 Å². The van der Waals surface area contributed by atoms with E-state index in [1.807, 2.05) is 60.8 Å². The summed E-state index contributed by atoms with van der Waals surface area (Å²) in [7, 11) is 3.91. The molecule has 0 radical (unpaired) electrons. The van der Waals surface area contributed by atoms with Crippen LogP contribution < -0.4 is 15.1 Å². The summed E-state index contributed by atoms with van der Waals surface area (Å²) in [4.78, 5) is 30.4. The number of benzene rings is 2. The second-order valence-corrected chi connectivity index (χ2v) is 8.60. The van der Waals surface area contributed by atoms with Gasteiger partial charge in [0.1, 0.15) is 5.70 Å². The number of anilines is 3. The van der Waals surface area contributed by atoms with Crippen LogP contribution in [0.5, 0.6) is 0 Å². The maximum absolute atomic E-state index is 13.3. The number of rotatable bonds is 5. The van der Waals surface area contributed by atoms with E-state index in [9.17, 15) is 9.59 Å². The predicted molar refractivity (Wildman–Crippen MR) is 125 cm³/mol. The third-order valence-corrected chi connectivity index (χ3v) is 6.29. The van der Waals surface area contributed by atoms with Gasteiger partial charge in [0, 0.05) is 30.3 Å². The molecule has 152 valence electrons. The van der Waals surface area contributed by atoms with E-state index in [2.05, 4.69) is 5.32 Å². The fraction of sp³-hybridized carbons (Fsp3) is 0.0909. The molecule has 2 heterocycles. The Labute approximate surface area is 188 Å². The highest BCUT2D eigenvalue weighted by atomic mass is 35.5. The molecule has 0 fully saturated rings. The summed E-state index contributed by atoms with van der Waals surface area (Å²) in [5, 5.41) is 5.64. The lowest BCUT2D eigenvalue weighted by atomic mass is 10.1. The van der Waals surface area contributed by atoms with Crippen LogP contribution >= 0.6 is 34.5 Å². The number of nitrogens with zero attached hydrogens (tertiary/aromatic N) is 2. The molecule has 0 spiro atoms. The van der Waals surface area contributed by atoms with Crippen LogP contribution in [0.3, 0.4) is 0 Å². The number of nitrogens with one attached hydrogen (secondary N) is 1. The highest BCUT2D eigenvalue weighted by molar-refractivity contribution is 7.11. The molecule has 0 unspecified atom stereocenters. The predicted octanol–water partition coefficient (Wildman–Crippen LogP) is 5.52. The second-order valence-electron chi connectivity index (χ2n) is 6.84. The van der Waals surface area contributed by atoms with Gasteiger partial charge in [-0.15, -0.1) is 11.3 Å². The number of halogens is 2. The topological polar surface area (TPSA) is 52.7 Å². The lowest BCUT2D eigenvalue weighted by molar-refractivity contribution is -0.120. The van der Waals surface area contributed by atoms with Crippen molar-refractivity contribution in [2.24, 2.45) is 0 Å². The number of hydrogen-bond donors (Lipinski definition) is 1. The first-order valence-electron chi connectivity index (χ1n) is 9.03. The Hall–Kier alpha value is -2.80. The molecule has 0 aliphatic carbocycles. The standard InChI is InChI=1S/C22H17Cl2N3O2S/c1-26(2)14-7-5-13(6-8-14)25-20-19(18-4-3-11-30-18)21(28)27(22(20)29)15-9-10-16(23)17(24)12-15/h3-12,25H,1-2H3. The molecular formula is C22H17Cl2N3O2S. The molecule has 30 heavy (non-hydrogen) atoms. The van der Waals surface area contributed by atoms with Crippen LogP contribution in [-0.4, -0.2) is 25.9 Å². The first-order chi connectivity index (χ1) is 14.4. The fourth-order valence-electron chi connectivity index (χ4n) is 3.14. The Morgan fingerprint density at radius 3 is 2.27 bits per heavy atom. The zero-order valence-electron chi connectivity index (χ0n) is 16.1. The molecule has 4 rings (SSSR count). The van der Waals surface area contributed by atoms with Gasteiger partial charge in [-0.05, 0) is 53.9 Å². The number of carbonyl (C=O) groups excluding carboxylic acids is 2. The summed E-state index contributed by atoms with van der Waals surface area (Å²) in [6.07, 6.45) is 0. The van der Waals surface area contributed by atoms with Crippen LogP contribution in [0.15, 0.2) is 65.7 Å². The van der Waals surface area contributed by atoms with E-state index >= 15 is 0 Å². The molecule has 1 aliphatic heterocycles. The van der Waals surface area contributed by atoms with E-state index in [4.69, 9.17) is 23.2 Å². The zero-order chi connectivity index (χ0) is 21.4. The largest absolute Gasteiger partial charge is 0.378 e. The zero-order valence-corrected chi connectivity index (χ0v) is 18.5. The Balaban J connectivity index is 1.75. The molecule has 0 saturated heterocycles. The van der Waals surface area contributed by atoms with E-state index in [0.29, 0.717) is 26.8 Å². The molecule has 0 atom stereocenters. The minimum absolute atomic E-state index is 0.228. The SMILES string of the molecule is CN(C)c1ccc(NC2=C(c3cccs3)C(=O)N(c3ccc(Cl)c(Cl)c3)C2=O)cc1. The Morgan fingerprint density at radius 1 is 0.933 bits per heavy atom. The molecule has 2 amide bonds. The Bertz CT molecular complexity index is 1160. The average Bonchev–Trinajstić information content (AvgIpc) is 3.32. The van der Waals surface area contributed by atoms with Crippen molar-refractivity contribution in [2.45, 2.75) is 0 Å². The van der Waals surface area contributed by atoms with E-state index in [0.717, 1.165) is 10.6 Å². The first kappa shape index (κ1) is 20.5. The second kappa shape index (κ2) is 8.14. The number of imide groups is 1. The van der Waals surface area contributed by atoms with Gasteiger partial charge in [-0.1, -0.05) is 29.3 Å². The molecule has 1 aliphatic rings. The van der Waals surface area contributed by atoms with Gasteiger partial charge < -0.3 is 10.2 Å². The average molecular weight is 458 g/mol. The first-order valence-corrected chi connectivity index (χ1v) is 10.7. The lowest BCUT2D eigenvalue weighted by Gasteiger charge is -2.16. The molecule has 0 bridgehead atoms. The number of carbonyl (C=O) groups is 2. The smallest absolute Gasteiger partial charge is 0.282 e. The van der Waals surface area contributed by atoms with E-state index < -0.39 is 11.8 Å². The van der Waals surface area contributed by atoms with Crippen LogP contribution in [0.25, 0.3) is 5.57 Å². The number of hydrogen-bond acceptors (Lipinski definition) is 5. The molecule has 1 N–H and O–H groups in total. The summed E-state index contributed by atoms with van der Waals surface area (Å²) in [5.74, 6) is -0.855. The molecule has 8 heteroatoms. The highest BCUT2D eigenvalue weighted by Gasteiger charge is 2.40. The third-order valence-electron chi connectivity index (χ3n) is 4.67. The van der Waals surface area contributed by atoms with Crippen molar-refractivity contribution >= 4 is 69.0 Å². The van der Waals surface area contributed by atoms with Crippen LogP contribution in [0.1, 0.15) is 4.88 Å². The number of thiophene rings is 1. The van der Waals surface area contributed by atoms with Crippen molar-refractivity contribution in [3.8, 4) is 0 Å². The minimum Gasteiger partial charge on any atom is -0.378 e. The van der Waals surface area contributed by atoms with Gasteiger partial charge in [-0.2, -0.15) is 0 Å². The summed E-state index contributed by atoms with van der Waals surface area (Å²) in [6.45, 7) is 0. The Morgan fingerprint density at radius 2 is 1.67 bits per heavy atom. The van der Waals surface area contributed by atoms with Gasteiger partial charge in [-0.3, -0.25) is 9.59 Å². The summed E-state index contributed by atoms with van der Waals surface area (Å²) in [6, 6.07) is 16.0. The van der Waals surface area contributed by atoms with Gasteiger partial charge in [0.25, 0.3) is 11.8 Å². The van der Waals surface area contributed by atoms with E-state index in [1.165, 1.54) is 17.4 Å². The van der Waals surface area contributed by atoms with Crippen molar-refractivity contribution in [2.75, 3.05) is 29.2 Å². The van der Waals surface area contributed by atoms with Crippen molar-refractivity contribution in [1.29, 1.82) is 0 Å². The molecule has 2 aromatic carbocycles. The summed E-state index contributed by atoms with van der Waals surface area (Å²) in [5.41, 5.74) is 2.66. The quantitative estimate of drug-likeness (QED) is 0.512. The molecule has 5 nitrogen and oxygen atoms in total. The summed E-state index contributed by atoms with van der Waals surface area (Å²) < 4.78 is 0. The minimum atomic E-state index is -0.446. The highest BCUT2D eigenvalue weighted by Crippen LogP contribution is 2.37. The van der Waals surface area contributed by atoms with Crippen LogP contribution in [0, 0.1) is 0 Å². The monoisotopic (exact) mass is 457 g/mol. The van der Waals surface area contributed by atoms with Gasteiger partial charge in [-0.25, -0.2) is 4.90 Å². The van der Waals surface area contributed by atoms with Gasteiger partial charge >= 0.3 is 0 Å². The van der Waals surface area contributed by atoms with E-state index in [1.54, 1.807) is 12.1 Å². The maximum Gasteiger partial charge on any atom is 0.282 e. The van der Waals surface area contributed by atoms with Gasteiger partial charge in [0.05, 0.1) is 21.3 Å². The molecular weight excluding hydrogens is 441 g/mol. The third kappa shape index (κ3) is 3.69. The van der Waals surface area contributed by atoms with Crippen LogP contribution in [0.4, 0.5) is 17.1 Å². The normalized spacial score (nSPS) is 13.9. The van der Waals surface area contributed by atoms with Crippen molar-refractivity contribution in [3.05, 3.63) is 80.6 Å². The van der Waals surface area contributed by atoms with Crippen molar-refractivity contribution in [3.63, 3.8) is 0 Å².